The van der Waals surface area contributed by atoms with Gasteiger partial charge in [0.2, 0.25) is 0 Å². The fourth-order valence-electron chi connectivity index (χ4n) is 7.19. The quantitative estimate of drug-likeness (QED) is 0.187. The van der Waals surface area contributed by atoms with E-state index in [1.165, 1.54) is 0 Å². The molecule has 4 aromatic rings. The molecular weight excluding hydrogens is 1040 g/mol. The molecule has 1 fully saturated rings. The number of aromatic nitrogens is 4. The average molecular weight is 1070 g/mol. The van der Waals surface area contributed by atoms with Crippen LogP contribution in [-0.2, 0) is 49.4 Å². The molecule has 71 heavy (non-hydrogen) atoms. The van der Waals surface area contributed by atoms with Crippen molar-refractivity contribution in [2.75, 3.05) is 72.0 Å². The number of rotatable bonds is 4. The zero-order valence-electron chi connectivity index (χ0n) is 35.0. The summed E-state index contributed by atoms with van der Waals surface area (Å²) < 4.78 is 337. The lowest BCUT2D eigenvalue weighted by molar-refractivity contribution is -0.144. The Bertz CT molecular complexity index is 2300. The summed E-state index contributed by atoms with van der Waals surface area (Å²) in [5.74, 6) is -5.39. The summed E-state index contributed by atoms with van der Waals surface area (Å²) in [5, 5.41) is 0. The van der Waals surface area contributed by atoms with Gasteiger partial charge in [0, 0.05) is 77.1 Å². The van der Waals surface area contributed by atoms with Crippen LogP contribution < -0.4 is 19.6 Å². The lowest BCUT2D eigenvalue weighted by atomic mass is 10.1. The third kappa shape index (κ3) is 14.0. The van der Waals surface area contributed by atoms with Crippen molar-refractivity contribution in [3.63, 3.8) is 0 Å². The van der Waals surface area contributed by atoms with Gasteiger partial charge in [-0.15, -0.1) is 0 Å². The van der Waals surface area contributed by atoms with Crippen molar-refractivity contribution >= 4 is 23.3 Å². The molecule has 5 rings (SSSR count). The molecule has 0 spiro atoms. The number of hydrogen-bond donors (Lipinski definition) is 0. The van der Waals surface area contributed by atoms with E-state index in [1.54, 1.807) is 0 Å². The highest BCUT2D eigenvalue weighted by molar-refractivity contribution is 5.55. The van der Waals surface area contributed by atoms with Gasteiger partial charge in [-0.2, -0.15) is 105 Å². The molecule has 32 heteroatoms. The van der Waals surface area contributed by atoms with E-state index in [1.807, 2.05) is 0 Å². The molecule has 4 aromatic heterocycles. The maximum atomic E-state index is 14.5. The van der Waals surface area contributed by atoms with Crippen molar-refractivity contribution in [3.8, 4) is 0 Å². The molecule has 1 aliphatic heterocycles. The normalized spacial score (nSPS) is 16.6. The fraction of sp³-hybridized carbons (Fsp3) is 0.487. The van der Waals surface area contributed by atoms with Crippen LogP contribution in [0, 0.1) is 0 Å². The monoisotopic (exact) mass is 1070 g/mol. The summed E-state index contributed by atoms with van der Waals surface area (Å²) in [5.41, 5.74) is -16.3. The van der Waals surface area contributed by atoms with Gasteiger partial charge >= 0.3 is 49.4 Å². The van der Waals surface area contributed by atoms with Crippen molar-refractivity contribution in [1.82, 2.24) is 19.9 Å². The van der Waals surface area contributed by atoms with Crippen LogP contribution in [0.15, 0.2) is 49.1 Å². The minimum atomic E-state index is -5.72. The summed E-state index contributed by atoms with van der Waals surface area (Å²) in [7, 11) is 0. The first kappa shape index (κ1) is 56.0. The van der Waals surface area contributed by atoms with Crippen LogP contribution in [0.5, 0.6) is 0 Å². The number of alkyl halides is 24. The first-order valence-electron chi connectivity index (χ1n) is 19.9. The van der Waals surface area contributed by atoms with Crippen molar-refractivity contribution in [2.45, 2.75) is 68.7 Å². The average Bonchev–Trinajstić information content (AvgIpc) is 3.22. The maximum Gasteiger partial charge on any atom is 0.419 e. The topological polar surface area (TPSA) is 64.5 Å². The van der Waals surface area contributed by atoms with E-state index < -0.39 is 201 Å². The van der Waals surface area contributed by atoms with E-state index in [4.69, 9.17) is 0 Å². The van der Waals surface area contributed by atoms with Gasteiger partial charge in [0.25, 0.3) is 0 Å². The van der Waals surface area contributed by atoms with Crippen molar-refractivity contribution in [1.29, 1.82) is 0 Å². The highest BCUT2D eigenvalue weighted by Crippen LogP contribution is 2.44. The standard InChI is InChI=1S/C39H30F24N8/c40-32(41,42)20-12-24(36(52,53)54)28(64-16-20)68-4-1-5-69(29-25(37(55,56)57)13-21(17-65-29)33(43,44)45)7-3-9-71(31-27(39(61,62)63)15-23(19-67-31)35(49,50)51)11-10-70(8-2-6-68)30-26(38(58,59)60)14-22(18-66-30)34(46,47)48/h12-19H,1-11H2. The van der Waals surface area contributed by atoms with Gasteiger partial charge in [-0.25, -0.2) is 19.9 Å². The smallest absolute Gasteiger partial charge is 0.356 e. The lowest BCUT2D eigenvalue weighted by Crippen LogP contribution is -2.40. The zero-order valence-corrected chi connectivity index (χ0v) is 35.0. The number of halogens is 24. The minimum absolute atomic E-state index is 0.0543. The van der Waals surface area contributed by atoms with E-state index in [0.29, 0.717) is 19.6 Å². The highest BCUT2D eigenvalue weighted by atomic mass is 19.4. The van der Waals surface area contributed by atoms with Crippen LogP contribution in [0.2, 0.25) is 0 Å². The Morgan fingerprint density at radius 3 is 0.577 bits per heavy atom. The molecule has 394 valence electrons. The molecule has 0 saturated carbocycles. The van der Waals surface area contributed by atoms with Gasteiger partial charge in [0.05, 0.1) is 44.5 Å². The summed E-state index contributed by atoms with van der Waals surface area (Å²) in [6, 6.07) is -1.58. The fourth-order valence-corrected chi connectivity index (χ4v) is 7.19. The van der Waals surface area contributed by atoms with E-state index in [0.717, 1.165) is 0 Å². The predicted molar refractivity (Wildman–Crippen MR) is 200 cm³/mol. The third-order valence-electron chi connectivity index (χ3n) is 10.4. The number of nitrogens with zero attached hydrogens (tertiary/aromatic N) is 8. The van der Waals surface area contributed by atoms with E-state index in [2.05, 4.69) is 19.9 Å². The number of hydrogen-bond acceptors (Lipinski definition) is 8. The summed E-state index contributed by atoms with van der Waals surface area (Å²) >= 11 is 0. The Morgan fingerprint density at radius 1 is 0.254 bits per heavy atom. The maximum absolute atomic E-state index is 14.5. The first-order chi connectivity index (χ1) is 32.3. The van der Waals surface area contributed by atoms with Gasteiger partial charge in [-0.1, -0.05) is 0 Å². The lowest BCUT2D eigenvalue weighted by Gasteiger charge is -2.33. The molecule has 0 atom stereocenters. The summed E-state index contributed by atoms with van der Waals surface area (Å²) in [6.45, 7) is -7.74. The Kier molecular flexibility index (Phi) is 15.8. The van der Waals surface area contributed by atoms with Crippen LogP contribution in [0.1, 0.15) is 63.8 Å². The van der Waals surface area contributed by atoms with Crippen molar-refractivity contribution in [3.05, 3.63) is 93.6 Å². The molecule has 0 N–H and O–H groups in total. The molecule has 0 amide bonds. The molecule has 1 aliphatic rings. The summed E-state index contributed by atoms with van der Waals surface area (Å²) in [4.78, 5) is 15.3. The number of pyridine rings is 4. The third-order valence-corrected chi connectivity index (χ3v) is 10.4. The van der Waals surface area contributed by atoms with Gasteiger partial charge < -0.3 is 19.6 Å². The largest absolute Gasteiger partial charge is 0.419 e. The molecule has 0 radical (unpaired) electrons. The van der Waals surface area contributed by atoms with Gasteiger partial charge in [0.15, 0.2) is 0 Å². The summed E-state index contributed by atoms with van der Waals surface area (Å²) in [6.07, 6.45) is -47.2. The zero-order chi connectivity index (χ0) is 53.5. The van der Waals surface area contributed by atoms with Gasteiger partial charge in [0.1, 0.15) is 23.3 Å². The molecule has 0 unspecified atom stereocenters. The molecule has 5 heterocycles. The second-order valence-electron chi connectivity index (χ2n) is 15.4. The Morgan fingerprint density at radius 2 is 0.423 bits per heavy atom. The second kappa shape index (κ2) is 20.0. The van der Waals surface area contributed by atoms with Crippen LogP contribution in [0.4, 0.5) is 129 Å². The molecule has 8 nitrogen and oxygen atoms in total. The molecule has 0 aliphatic carbocycles. The van der Waals surface area contributed by atoms with Gasteiger partial charge in [-0.05, 0) is 43.5 Å². The van der Waals surface area contributed by atoms with Crippen LogP contribution >= 0.6 is 0 Å². The molecular formula is C39H30F24N8. The van der Waals surface area contributed by atoms with Crippen molar-refractivity contribution < 1.29 is 105 Å². The van der Waals surface area contributed by atoms with E-state index >= 15 is 0 Å². The SMILES string of the molecule is FC(F)(F)c1cnc(N2CCCN(c3ncc(C(F)(F)F)cc3C(F)(F)F)CCCN(c3ncc(C(F)(F)F)cc3C(F)(F)F)CCN(c3ncc(C(F)(F)F)cc3C(F)(F)F)CCC2)c(C(F)(F)F)c1. The van der Waals surface area contributed by atoms with Crippen molar-refractivity contribution in [2.24, 2.45) is 0 Å². The van der Waals surface area contributed by atoms with E-state index in [-0.39, 0.29) is 36.9 Å². The molecule has 0 bridgehead atoms. The number of anilines is 4. The van der Waals surface area contributed by atoms with Crippen LogP contribution in [-0.4, -0.2) is 72.3 Å². The van der Waals surface area contributed by atoms with Gasteiger partial charge in [-0.3, -0.25) is 0 Å². The van der Waals surface area contributed by atoms with Crippen LogP contribution in [0.25, 0.3) is 0 Å². The predicted octanol–water partition coefficient (Wildman–Crippen LogP) is 12.9. The van der Waals surface area contributed by atoms with E-state index in [9.17, 15) is 105 Å². The minimum Gasteiger partial charge on any atom is -0.356 e. The molecule has 1 saturated heterocycles. The van der Waals surface area contributed by atoms with Crippen LogP contribution in [0.3, 0.4) is 0 Å². The Balaban J connectivity index is 1.73. The Hall–Kier alpha value is -5.88. The second-order valence-corrected chi connectivity index (χ2v) is 15.4. The Labute approximate surface area is 382 Å². The first-order valence-corrected chi connectivity index (χ1v) is 19.9. The molecule has 0 aromatic carbocycles. The highest BCUT2D eigenvalue weighted by Gasteiger charge is 2.45.